The molecule has 102 valence electrons. The summed E-state index contributed by atoms with van der Waals surface area (Å²) in [5.74, 6) is 1.20. The van der Waals surface area contributed by atoms with Crippen molar-refractivity contribution in [2.24, 2.45) is 11.8 Å². The van der Waals surface area contributed by atoms with Gasteiger partial charge in [0, 0.05) is 6.04 Å². The Labute approximate surface area is 117 Å². The average molecular weight is 278 g/mol. The van der Waals surface area contributed by atoms with E-state index in [0.717, 1.165) is 23.9 Å². The number of fused-ring (bicyclic) bond motifs is 1. The molecule has 19 heavy (non-hydrogen) atoms. The van der Waals surface area contributed by atoms with Gasteiger partial charge in [0.1, 0.15) is 5.82 Å². The zero-order chi connectivity index (χ0) is 13.6. The Bertz CT molecular complexity index is 648. The summed E-state index contributed by atoms with van der Waals surface area (Å²) in [6, 6.07) is 5.23. The standard InChI is InChI=1S/C15H19FN2S/c1-9-5-10(2)7-12(6-9)18-14-8-11(16)3-4-13(14)17-15(18)19/h3-4,8-10,12H,5-7H2,1-2H3,(H,17,19). The number of nitrogens with one attached hydrogen (secondary N) is 1. The van der Waals surface area contributed by atoms with Gasteiger partial charge in [0.25, 0.3) is 0 Å². The van der Waals surface area contributed by atoms with Gasteiger partial charge in [-0.2, -0.15) is 0 Å². The summed E-state index contributed by atoms with van der Waals surface area (Å²) < 4.78 is 16.3. The molecule has 0 radical (unpaired) electrons. The van der Waals surface area contributed by atoms with E-state index in [0.29, 0.717) is 22.6 Å². The van der Waals surface area contributed by atoms with Crippen molar-refractivity contribution in [1.29, 1.82) is 0 Å². The Kier molecular flexibility index (Phi) is 3.21. The van der Waals surface area contributed by atoms with Crippen molar-refractivity contribution in [2.75, 3.05) is 0 Å². The van der Waals surface area contributed by atoms with E-state index >= 15 is 0 Å². The van der Waals surface area contributed by atoms with Gasteiger partial charge in [0.15, 0.2) is 4.77 Å². The first-order valence-corrected chi connectivity index (χ1v) is 7.35. The van der Waals surface area contributed by atoms with E-state index in [1.165, 1.54) is 12.5 Å². The molecule has 1 saturated carbocycles. The van der Waals surface area contributed by atoms with Crippen molar-refractivity contribution in [2.45, 2.75) is 39.2 Å². The van der Waals surface area contributed by atoms with Crippen molar-refractivity contribution in [3.63, 3.8) is 0 Å². The van der Waals surface area contributed by atoms with Gasteiger partial charge in [-0.25, -0.2) is 4.39 Å². The van der Waals surface area contributed by atoms with Crippen LogP contribution >= 0.6 is 12.2 Å². The zero-order valence-corrected chi connectivity index (χ0v) is 12.1. The average Bonchev–Trinajstić information content (AvgIpc) is 2.63. The number of aromatic amines is 1. The van der Waals surface area contributed by atoms with Crippen LogP contribution in [0.15, 0.2) is 18.2 Å². The van der Waals surface area contributed by atoms with Gasteiger partial charge < -0.3 is 9.55 Å². The Morgan fingerprint density at radius 3 is 2.58 bits per heavy atom. The van der Waals surface area contributed by atoms with Crippen LogP contribution in [-0.2, 0) is 0 Å². The number of rotatable bonds is 1. The number of hydrogen-bond acceptors (Lipinski definition) is 1. The number of H-pyrrole nitrogens is 1. The summed E-state index contributed by atoms with van der Waals surface area (Å²) in [4.78, 5) is 3.19. The molecule has 1 fully saturated rings. The van der Waals surface area contributed by atoms with Gasteiger partial charge in [-0.1, -0.05) is 13.8 Å². The second kappa shape index (κ2) is 4.75. The van der Waals surface area contributed by atoms with Gasteiger partial charge in [0.2, 0.25) is 0 Å². The molecule has 0 bridgehead atoms. The molecule has 1 aromatic heterocycles. The highest BCUT2D eigenvalue weighted by Gasteiger charge is 2.26. The smallest absolute Gasteiger partial charge is 0.178 e. The highest BCUT2D eigenvalue weighted by Crippen LogP contribution is 2.37. The number of nitrogens with zero attached hydrogens (tertiary/aromatic N) is 1. The summed E-state index contributed by atoms with van der Waals surface area (Å²) in [6.45, 7) is 4.59. The molecule has 0 aliphatic heterocycles. The number of halogens is 1. The van der Waals surface area contributed by atoms with Crippen LogP contribution in [0.1, 0.15) is 39.2 Å². The van der Waals surface area contributed by atoms with Crippen molar-refractivity contribution >= 4 is 23.3 Å². The van der Waals surface area contributed by atoms with Gasteiger partial charge in [-0.3, -0.25) is 0 Å². The molecule has 2 atom stereocenters. The molecule has 1 N–H and O–H groups in total. The van der Waals surface area contributed by atoms with Crippen LogP contribution < -0.4 is 0 Å². The zero-order valence-electron chi connectivity index (χ0n) is 11.3. The minimum Gasteiger partial charge on any atom is -0.331 e. The number of imidazole rings is 1. The van der Waals surface area contributed by atoms with E-state index in [4.69, 9.17) is 12.2 Å². The summed E-state index contributed by atoms with van der Waals surface area (Å²) in [6.07, 6.45) is 3.53. The third-order valence-corrected chi connectivity index (χ3v) is 4.50. The third-order valence-electron chi connectivity index (χ3n) is 4.20. The maximum Gasteiger partial charge on any atom is 0.178 e. The van der Waals surface area contributed by atoms with Crippen LogP contribution in [0.3, 0.4) is 0 Å². The van der Waals surface area contributed by atoms with Gasteiger partial charge >= 0.3 is 0 Å². The summed E-state index contributed by atoms with van der Waals surface area (Å²) in [5, 5.41) is 0. The Balaban J connectivity index is 2.11. The van der Waals surface area contributed by atoms with Crippen molar-refractivity contribution < 1.29 is 4.39 Å². The predicted molar refractivity (Wildman–Crippen MR) is 78.3 cm³/mol. The number of benzene rings is 1. The monoisotopic (exact) mass is 278 g/mol. The third kappa shape index (κ3) is 2.34. The fraction of sp³-hybridized carbons (Fsp3) is 0.533. The molecular weight excluding hydrogens is 259 g/mol. The Morgan fingerprint density at radius 1 is 1.21 bits per heavy atom. The van der Waals surface area contributed by atoms with Crippen LogP contribution in [0.2, 0.25) is 0 Å². The first kappa shape index (κ1) is 12.9. The van der Waals surface area contributed by atoms with Crippen molar-refractivity contribution in [3.8, 4) is 0 Å². The van der Waals surface area contributed by atoms with Crippen molar-refractivity contribution in [3.05, 3.63) is 28.8 Å². The van der Waals surface area contributed by atoms with Crippen LogP contribution in [0.4, 0.5) is 4.39 Å². The van der Waals surface area contributed by atoms with Gasteiger partial charge in [-0.15, -0.1) is 0 Å². The van der Waals surface area contributed by atoms with E-state index in [-0.39, 0.29) is 5.82 Å². The molecular formula is C15H19FN2S. The fourth-order valence-corrected chi connectivity index (χ4v) is 3.93. The molecule has 0 amide bonds. The molecule has 1 aliphatic carbocycles. The molecule has 1 aromatic carbocycles. The maximum atomic E-state index is 13.5. The van der Waals surface area contributed by atoms with Gasteiger partial charge in [-0.05, 0) is 61.5 Å². The minimum atomic E-state index is -0.202. The largest absolute Gasteiger partial charge is 0.331 e. The van der Waals surface area contributed by atoms with Crippen LogP contribution in [0.25, 0.3) is 11.0 Å². The topological polar surface area (TPSA) is 20.7 Å². The Hall–Kier alpha value is -1.16. The highest BCUT2D eigenvalue weighted by atomic mass is 32.1. The van der Waals surface area contributed by atoms with Crippen LogP contribution in [-0.4, -0.2) is 9.55 Å². The summed E-state index contributed by atoms with van der Waals surface area (Å²) >= 11 is 5.44. The molecule has 1 aliphatic rings. The number of aromatic nitrogens is 2. The lowest BCUT2D eigenvalue weighted by atomic mass is 9.80. The fourth-order valence-electron chi connectivity index (χ4n) is 3.57. The quantitative estimate of drug-likeness (QED) is 0.741. The molecule has 2 aromatic rings. The van der Waals surface area contributed by atoms with E-state index in [1.54, 1.807) is 12.1 Å². The SMILES string of the molecule is CC1CC(C)CC(n2c(=S)[nH]c3ccc(F)cc32)C1. The van der Waals surface area contributed by atoms with E-state index < -0.39 is 0 Å². The van der Waals surface area contributed by atoms with Crippen LogP contribution in [0, 0.1) is 22.4 Å². The summed E-state index contributed by atoms with van der Waals surface area (Å²) in [7, 11) is 0. The molecule has 1 heterocycles. The molecule has 4 heteroatoms. The first-order valence-electron chi connectivity index (χ1n) is 6.94. The van der Waals surface area contributed by atoms with E-state index in [2.05, 4.69) is 23.4 Å². The summed E-state index contributed by atoms with van der Waals surface area (Å²) in [5.41, 5.74) is 1.83. The molecule has 2 unspecified atom stereocenters. The Morgan fingerprint density at radius 2 is 1.89 bits per heavy atom. The minimum absolute atomic E-state index is 0.202. The molecule has 2 nitrogen and oxygen atoms in total. The van der Waals surface area contributed by atoms with Crippen LogP contribution in [0.5, 0.6) is 0 Å². The van der Waals surface area contributed by atoms with Crippen molar-refractivity contribution in [1.82, 2.24) is 9.55 Å². The van der Waals surface area contributed by atoms with E-state index in [9.17, 15) is 4.39 Å². The maximum absolute atomic E-state index is 13.5. The lowest BCUT2D eigenvalue weighted by molar-refractivity contribution is 0.223. The molecule has 0 saturated heterocycles. The normalized spacial score (nSPS) is 27.8. The van der Waals surface area contributed by atoms with Gasteiger partial charge in [0.05, 0.1) is 11.0 Å². The molecule has 0 spiro atoms. The second-order valence-electron chi connectivity index (χ2n) is 6.03. The lowest BCUT2D eigenvalue weighted by Crippen LogP contribution is -2.22. The first-order chi connectivity index (χ1) is 9.04. The highest BCUT2D eigenvalue weighted by molar-refractivity contribution is 7.71. The lowest BCUT2D eigenvalue weighted by Gasteiger charge is -2.32. The number of hydrogen-bond donors (Lipinski definition) is 1. The van der Waals surface area contributed by atoms with E-state index in [1.807, 2.05) is 0 Å². The predicted octanol–water partition coefficient (Wildman–Crippen LogP) is 4.84. The molecule has 3 rings (SSSR count). The second-order valence-corrected chi connectivity index (χ2v) is 6.42.